The highest BCUT2D eigenvalue weighted by atomic mass is 16.3. The molecule has 3 nitrogen and oxygen atoms in total. The predicted octanol–water partition coefficient (Wildman–Crippen LogP) is 2.19. The van der Waals surface area contributed by atoms with E-state index >= 15 is 0 Å². The molecule has 0 spiro atoms. The van der Waals surface area contributed by atoms with Crippen LogP contribution in [0.2, 0.25) is 0 Å². The molecule has 17 heavy (non-hydrogen) atoms. The first-order valence-corrected chi connectivity index (χ1v) is 6.45. The van der Waals surface area contributed by atoms with Crippen LogP contribution in [0.15, 0.2) is 24.4 Å². The summed E-state index contributed by atoms with van der Waals surface area (Å²) in [6, 6.07) is 0.705. The third-order valence-electron chi connectivity index (χ3n) is 2.83. The predicted molar refractivity (Wildman–Crippen MR) is 75.0 cm³/mol. The zero-order valence-corrected chi connectivity index (χ0v) is 11.6. The van der Waals surface area contributed by atoms with E-state index in [-0.39, 0.29) is 12.6 Å². The van der Waals surface area contributed by atoms with Crippen LogP contribution in [0.1, 0.15) is 40.0 Å². The molecule has 0 aromatic carbocycles. The third-order valence-corrected chi connectivity index (χ3v) is 2.83. The van der Waals surface area contributed by atoms with Gasteiger partial charge in [0.1, 0.15) is 0 Å². The van der Waals surface area contributed by atoms with Crippen molar-refractivity contribution in [2.24, 2.45) is 0 Å². The topological polar surface area (TPSA) is 44.3 Å². The minimum Gasteiger partial charge on any atom is -0.396 e. The van der Waals surface area contributed by atoms with E-state index in [9.17, 15) is 0 Å². The molecule has 0 aliphatic rings. The third kappa shape index (κ3) is 8.00. The normalized spacial score (nSPS) is 14.1. The lowest BCUT2D eigenvalue weighted by atomic mass is 10.0. The van der Waals surface area contributed by atoms with Crippen molar-refractivity contribution in [3.05, 3.63) is 24.4 Å². The molecule has 0 radical (unpaired) electrons. The molecule has 0 saturated carbocycles. The van der Waals surface area contributed by atoms with Gasteiger partial charge in [-0.15, -0.1) is 0 Å². The van der Waals surface area contributed by atoms with Crippen LogP contribution in [0.3, 0.4) is 0 Å². The highest BCUT2D eigenvalue weighted by Crippen LogP contribution is 2.09. The second-order valence-corrected chi connectivity index (χ2v) is 4.69. The van der Waals surface area contributed by atoms with Crippen molar-refractivity contribution in [1.82, 2.24) is 10.6 Å². The summed E-state index contributed by atoms with van der Waals surface area (Å²) in [5.41, 5.74) is 2.15. The van der Waals surface area contributed by atoms with Crippen LogP contribution in [-0.4, -0.2) is 30.3 Å². The Kier molecular flexibility index (Phi) is 8.82. The second-order valence-electron chi connectivity index (χ2n) is 4.69. The fourth-order valence-electron chi connectivity index (χ4n) is 1.53. The van der Waals surface area contributed by atoms with Gasteiger partial charge in [0.05, 0.1) is 0 Å². The van der Waals surface area contributed by atoms with E-state index in [1.807, 2.05) is 6.92 Å². The van der Waals surface area contributed by atoms with Crippen molar-refractivity contribution in [3.63, 3.8) is 0 Å². The summed E-state index contributed by atoms with van der Waals surface area (Å²) in [5.74, 6) is 0. The molecule has 3 N–H and O–H groups in total. The Bertz CT molecular complexity index is 238. The number of rotatable bonds is 10. The summed E-state index contributed by atoms with van der Waals surface area (Å²) in [5, 5.41) is 15.5. The maximum Gasteiger partial charge on any atom is 0.0443 e. The standard InChI is InChI=1S/C14H28N2O/c1-6-12(4)16-13(5)10-14(11(2)3)15-8-7-9-17/h12,14-17H,2,5-10H2,1,3-4H3. The fourth-order valence-corrected chi connectivity index (χ4v) is 1.53. The molecule has 0 bridgehead atoms. The number of aliphatic hydroxyl groups excluding tert-OH is 1. The maximum absolute atomic E-state index is 8.76. The summed E-state index contributed by atoms with van der Waals surface area (Å²) in [6.45, 7) is 15.4. The Hall–Kier alpha value is -0.800. The van der Waals surface area contributed by atoms with Crippen molar-refractivity contribution in [2.45, 2.75) is 52.1 Å². The molecular formula is C14H28N2O. The van der Waals surface area contributed by atoms with Crippen LogP contribution >= 0.6 is 0 Å². The minimum absolute atomic E-state index is 0.224. The largest absolute Gasteiger partial charge is 0.396 e. The number of aliphatic hydroxyl groups is 1. The molecule has 0 aliphatic heterocycles. The Morgan fingerprint density at radius 3 is 2.47 bits per heavy atom. The molecule has 0 saturated heterocycles. The molecule has 0 heterocycles. The van der Waals surface area contributed by atoms with Crippen LogP contribution in [0, 0.1) is 0 Å². The molecule has 0 aliphatic carbocycles. The van der Waals surface area contributed by atoms with E-state index in [1.165, 1.54) is 0 Å². The van der Waals surface area contributed by atoms with Crippen molar-refractivity contribution >= 4 is 0 Å². The van der Waals surface area contributed by atoms with E-state index in [0.717, 1.165) is 37.1 Å². The first-order chi connectivity index (χ1) is 8.01. The van der Waals surface area contributed by atoms with Crippen molar-refractivity contribution in [1.29, 1.82) is 0 Å². The van der Waals surface area contributed by atoms with Gasteiger partial charge in [-0.25, -0.2) is 0 Å². The minimum atomic E-state index is 0.224. The quantitative estimate of drug-likeness (QED) is 0.405. The van der Waals surface area contributed by atoms with Gasteiger partial charge in [-0.1, -0.05) is 25.7 Å². The monoisotopic (exact) mass is 240 g/mol. The van der Waals surface area contributed by atoms with Crippen molar-refractivity contribution in [2.75, 3.05) is 13.2 Å². The van der Waals surface area contributed by atoms with E-state index in [1.54, 1.807) is 0 Å². The van der Waals surface area contributed by atoms with Crippen molar-refractivity contribution < 1.29 is 5.11 Å². The zero-order valence-electron chi connectivity index (χ0n) is 11.6. The molecule has 0 rings (SSSR count). The van der Waals surface area contributed by atoms with Gasteiger partial charge in [0.2, 0.25) is 0 Å². The smallest absolute Gasteiger partial charge is 0.0443 e. The van der Waals surface area contributed by atoms with Crippen LogP contribution in [0.4, 0.5) is 0 Å². The summed E-state index contributed by atoms with van der Waals surface area (Å²) in [6.07, 6.45) is 2.72. The SMILES string of the molecule is C=C(CC(NCCCO)C(=C)C)NC(C)CC. The molecule has 0 fully saturated rings. The highest BCUT2D eigenvalue weighted by Gasteiger charge is 2.11. The lowest BCUT2D eigenvalue weighted by Crippen LogP contribution is -2.34. The molecule has 100 valence electrons. The Labute approximate surface area is 106 Å². The van der Waals surface area contributed by atoms with Crippen LogP contribution in [-0.2, 0) is 0 Å². The van der Waals surface area contributed by atoms with Gasteiger partial charge in [-0.3, -0.25) is 0 Å². The van der Waals surface area contributed by atoms with Crippen LogP contribution in [0.5, 0.6) is 0 Å². The highest BCUT2D eigenvalue weighted by molar-refractivity contribution is 5.08. The van der Waals surface area contributed by atoms with E-state index < -0.39 is 0 Å². The molecule has 2 unspecified atom stereocenters. The van der Waals surface area contributed by atoms with E-state index in [0.29, 0.717) is 6.04 Å². The number of nitrogens with one attached hydrogen (secondary N) is 2. The Morgan fingerprint density at radius 2 is 2.00 bits per heavy atom. The van der Waals surface area contributed by atoms with Crippen molar-refractivity contribution in [3.8, 4) is 0 Å². The maximum atomic E-state index is 8.76. The average Bonchev–Trinajstić information content (AvgIpc) is 2.27. The summed E-state index contributed by atoms with van der Waals surface area (Å²) in [7, 11) is 0. The Balaban J connectivity index is 4.06. The van der Waals surface area contributed by atoms with E-state index in [2.05, 4.69) is 37.6 Å². The van der Waals surface area contributed by atoms with Crippen LogP contribution < -0.4 is 10.6 Å². The fraction of sp³-hybridized carbons (Fsp3) is 0.714. The summed E-state index contributed by atoms with van der Waals surface area (Å²) < 4.78 is 0. The van der Waals surface area contributed by atoms with Gasteiger partial charge in [-0.2, -0.15) is 0 Å². The summed E-state index contributed by atoms with van der Waals surface area (Å²) in [4.78, 5) is 0. The lowest BCUT2D eigenvalue weighted by Gasteiger charge is -2.22. The van der Waals surface area contributed by atoms with Gasteiger partial charge in [0.25, 0.3) is 0 Å². The molecule has 0 aromatic heterocycles. The van der Waals surface area contributed by atoms with Crippen LogP contribution in [0.25, 0.3) is 0 Å². The summed E-state index contributed by atoms with van der Waals surface area (Å²) >= 11 is 0. The first-order valence-electron chi connectivity index (χ1n) is 6.45. The van der Waals surface area contributed by atoms with Gasteiger partial charge in [0, 0.05) is 30.8 Å². The van der Waals surface area contributed by atoms with Gasteiger partial charge < -0.3 is 15.7 Å². The van der Waals surface area contributed by atoms with E-state index in [4.69, 9.17) is 5.11 Å². The second kappa shape index (κ2) is 9.25. The molecule has 2 atom stereocenters. The zero-order chi connectivity index (χ0) is 13.3. The van der Waals surface area contributed by atoms with Gasteiger partial charge >= 0.3 is 0 Å². The van der Waals surface area contributed by atoms with Gasteiger partial charge in [-0.05, 0) is 33.2 Å². The molecule has 0 amide bonds. The Morgan fingerprint density at radius 1 is 1.35 bits per heavy atom. The van der Waals surface area contributed by atoms with Gasteiger partial charge in [0.15, 0.2) is 0 Å². The molecular weight excluding hydrogens is 212 g/mol. The molecule has 3 heteroatoms. The lowest BCUT2D eigenvalue weighted by molar-refractivity contribution is 0.284. The first kappa shape index (κ1) is 16.2. The number of hydrogen-bond acceptors (Lipinski definition) is 3. The number of hydrogen-bond donors (Lipinski definition) is 3. The average molecular weight is 240 g/mol. The molecule has 0 aromatic rings.